The molecule has 1 aromatic carbocycles. The molecular weight excluding hydrogens is 252 g/mol. The summed E-state index contributed by atoms with van der Waals surface area (Å²) in [6.07, 6.45) is 2.16. The van der Waals surface area contributed by atoms with Gasteiger partial charge in [0, 0.05) is 25.2 Å². The highest BCUT2D eigenvalue weighted by molar-refractivity contribution is 5.94. The number of carbonyl (C=O) groups excluding carboxylic acids is 1. The van der Waals surface area contributed by atoms with Crippen molar-refractivity contribution in [2.45, 2.75) is 18.9 Å². The lowest BCUT2D eigenvalue weighted by Gasteiger charge is -2.31. The fourth-order valence-electron chi connectivity index (χ4n) is 2.14. The number of amides is 1. The molecule has 1 heterocycles. The van der Waals surface area contributed by atoms with Crippen molar-refractivity contribution >= 4 is 18.3 Å². The maximum atomic E-state index is 12.2. The number of nitrogens with zero attached hydrogens (tertiary/aromatic N) is 1. The number of phenols is 1. The van der Waals surface area contributed by atoms with Crippen molar-refractivity contribution in [1.82, 2.24) is 10.2 Å². The summed E-state index contributed by atoms with van der Waals surface area (Å²) < 4.78 is 0. The number of phenolic OH excluding ortho intramolecular Hbond substituents is 1. The minimum Gasteiger partial charge on any atom is -0.508 e. The van der Waals surface area contributed by atoms with Crippen molar-refractivity contribution in [3.8, 4) is 5.75 Å². The van der Waals surface area contributed by atoms with Gasteiger partial charge in [-0.1, -0.05) is 0 Å². The Kier molecular flexibility index (Phi) is 5.44. The second-order valence-electron chi connectivity index (χ2n) is 4.46. The van der Waals surface area contributed by atoms with E-state index in [4.69, 9.17) is 0 Å². The third kappa shape index (κ3) is 3.37. The molecule has 1 atom stereocenters. The lowest BCUT2D eigenvalue weighted by molar-refractivity contribution is 0.0708. The van der Waals surface area contributed by atoms with Crippen LogP contribution in [0.15, 0.2) is 24.3 Å². The Morgan fingerprint density at radius 2 is 2.06 bits per heavy atom. The summed E-state index contributed by atoms with van der Waals surface area (Å²) in [6.45, 7) is 1.90. The Balaban J connectivity index is 0.00000162. The standard InChI is InChI=1S/C13H18N2O2.ClH/c1-15(11-3-2-8-14-9-11)13(17)10-4-6-12(16)7-5-10;/h4-7,11,14,16H,2-3,8-9H2,1H3;1H/t11-;/m0./s1. The summed E-state index contributed by atoms with van der Waals surface area (Å²) in [5.74, 6) is 0.197. The van der Waals surface area contributed by atoms with E-state index in [0.29, 0.717) is 5.56 Å². The van der Waals surface area contributed by atoms with E-state index in [1.165, 1.54) is 0 Å². The first-order valence-corrected chi connectivity index (χ1v) is 5.95. The normalized spacial score (nSPS) is 18.8. The van der Waals surface area contributed by atoms with Crippen LogP contribution in [0.4, 0.5) is 0 Å². The van der Waals surface area contributed by atoms with Crippen LogP contribution in [-0.4, -0.2) is 42.1 Å². The molecule has 4 nitrogen and oxygen atoms in total. The topological polar surface area (TPSA) is 52.6 Å². The number of hydrogen-bond acceptors (Lipinski definition) is 3. The van der Waals surface area contributed by atoms with Crippen molar-refractivity contribution in [2.75, 3.05) is 20.1 Å². The molecule has 1 aromatic rings. The SMILES string of the molecule is CN(C(=O)c1ccc(O)cc1)[C@H]1CCCNC1.Cl. The van der Waals surface area contributed by atoms with Crippen LogP contribution in [0.2, 0.25) is 0 Å². The van der Waals surface area contributed by atoms with Crippen molar-refractivity contribution < 1.29 is 9.90 Å². The molecule has 0 aliphatic carbocycles. The second kappa shape index (κ2) is 6.61. The Morgan fingerprint density at radius 3 is 2.61 bits per heavy atom. The molecular formula is C13H19ClN2O2. The highest BCUT2D eigenvalue weighted by atomic mass is 35.5. The minimum absolute atomic E-state index is 0. The van der Waals surface area contributed by atoms with E-state index in [1.807, 2.05) is 7.05 Å². The van der Waals surface area contributed by atoms with Crippen LogP contribution in [0.3, 0.4) is 0 Å². The van der Waals surface area contributed by atoms with Crippen LogP contribution in [0.5, 0.6) is 5.75 Å². The number of rotatable bonds is 2. The molecule has 0 radical (unpaired) electrons. The molecule has 1 saturated heterocycles. The van der Waals surface area contributed by atoms with Gasteiger partial charge in [0.05, 0.1) is 0 Å². The molecule has 0 unspecified atom stereocenters. The van der Waals surface area contributed by atoms with E-state index in [2.05, 4.69) is 5.32 Å². The number of benzene rings is 1. The Labute approximate surface area is 113 Å². The summed E-state index contributed by atoms with van der Waals surface area (Å²) in [7, 11) is 1.84. The van der Waals surface area contributed by atoms with E-state index >= 15 is 0 Å². The molecule has 2 N–H and O–H groups in total. The van der Waals surface area contributed by atoms with E-state index in [9.17, 15) is 9.90 Å². The Bertz CT molecular complexity index is 388. The average Bonchev–Trinajstić information content (AvgIpc) is 2.39. The number of halogens is 1. The predicted octanol–water partition coefficient (Wildman–Crippen LogP) is 1.64. The number of piperidine rings is 1. The lowest BCUT2D eigenvalue weighted by Crippen LogP contribution is -2.46. The minimum atomic E-state index is 0. The number of carbonyl (C=O) groups is 1. The first kappa shape index (κ1) is 14.8. The summed E-state index contributed by atoms with van der Waals surface area (Å²) in [6, 6.07) is 6.67. The molecule has 1 aliphatic rings. The molecule has 0 bridgehead atoms. The smallest absolute Gasteiger partial charge is 0.253 e. The maximum Gasteiger partial charge on any atom is 0.253 e. The van der Waals surface area contributed by atoms with Gasteiger partial charge < -0.3 is 15.3 Å². The summed E-state index contributed by atoms with van der Waals surface area (Å²) in [5, 5.41) is 12.5. The van der Waals surface area contributed by atoms with Crippen LogP contribution in [0.25, 0.3) is 0 Å². The summed E-state index contributed by atoms with van der Waals surface area (Å²) >= 11 is 0. The third-order valence-corrected chi connectivity index (χ3v) is 3.25. The van der Waals surface area contributed by atoms with Gasteiger partial charge in [-0.3, -0.25) is 4.79 Å². The fraction of sp³-hybridized carbons (Fsp3) is 0.462. The highest BCUT2D eigenvalue weighted by Crippen LogP contribution is 2.15. The van der Waals surface area contributed by atoms with Crippen LogP contribution < -0.4 is 5.32 Å². The number of nitrogens with one attached hydrogen (secondary N) is 1. The molecule has 5 heteroatoms. The monoisotopic (exact) mass is 270 g/mol. The molecule has 1 amide bonds. The van der Waals surface area contributed by atoms with Crippen molar-refractivity contribution in [2.24, 2.45) is 0 Å². The van der Waals surface area contributed by atoms with Crippen LogP contribution in [-0.2, 0) is 0 Å². The molecule has 0 saturated carbocycles. The van der Waals surface area contributed by atoms with Gasteiger partial charge in [-0.15, -0.1) is 12.4 Å². The second-order valence-corrected chi connectivity index (χ2v) is 4.46. The first-order chi connectivity index (χ1) is 8.18. The van der Waals surface area contributed by atoms with Crippen molar-refractivity contribution in [3.63, 3.8) is 0 Å². The molecule has 100 valence electrons. The van der Waals surface area contributed by atoms with Gasteiger partial charge in [-0.2, -0.15) is 0 Å². The van der Waals surface area contributed by atoms with Crippen LogP contribution >= 0.6 is 12.4 Å². The van der Waals surface area contributed by atoms with Gasteiger partial charge in [0.25, 0.3) is 5.91 Å². The fourth-order valence-corrected chi connectivity index (χ4v) is 2.14. The third-order valence-electron chi connectivity index (χ3n) is 3.25. The van der Waals surface area contributed by atoms with Gasteiger partial charge in [-0.25, -0.2) is 0 Å². The zero-order chi connectivity index (χ0) is 12.3. The number of aromatic hydroxyl groups is 1. The van der Waals surface area contributed by atoms with Crippen LogP contribution in [0, 0.1) is 0 Å². The highest BCUT2D eigenvalue weighted by Gasteiger charge is 2.22. The number of hydrogen-bond donors (Lipinski definition) is 2. The van der Waals surface area contributed by atoms with Crippen molar-refractivity contribution in [1.29, 1.82) is 0 Å². The van der Waals surface area contributed by atoms with Crippen molar-refractivity contribution in [3.05, 3.63) is 29.8 Å². The lowest BCUT2D eigenvalue weighted by atomic mass is 10.1. The zero-order valence-corrected chi connectivity index (χ0v) is 11.2. The molecule has 1 fully saturated rings. The quantitative estimate of drug-likeness (QED) is 0.859. The van der Waals surface area contributed by atoms with E-state index in [-0.39, 0.29) is 30.1 Å². The molecule has 18 heavy (non-hydrogen) atoms. The molecule has 1 aliphatic heterocycles. The first-order valence-electron chi connectivity index (χ1n) is 5.95. The van der Waals surface area contributed by atoms with E-state index < -0.39 is 0 Å². The Hall–Kier alpha value is -1.26. The average molecular weight is 271 g/mol. The van der Waals surface area contributed by atoms with Gasteiger partial charge >= 0.3 is 0 Å². The molecule has 0 aromatic heterocycles. The van der Waals surface area contributed by atoms with Gasteiger partial charge in [0.1, 0.15) is 5.75 Å². The molecule has 2 rings (SSSR count). The number of likely N-dealkylation sites (N-methyl/N-ethyl adjacent to an activating group) is 1. The van der Waals surface area contributed by atoms with Gasteiger partial charge in [0.2, 0.25) is 0 Å². The summed E-state index contributed by atoms with van der Waals surface area (Å²) in [4.78, 5) is 14.0. The van der Waals surface area contributed by atoms with Crippen LogP contribution in [0.1, 0.15) is 23.2 Å². The van der Waals surface area contributed by atoms with E-state index in [1.54, 1.807) is 29.2 Å². The molecule has 0 spiro atoms. The summed E-state index contributed by atoms with van der Waals surface area (Å²) in [5.41, 5.74) is 0.621. The zero-order valence-electron chi connectivity index (χ0n) is 10.4. The largest absolute Gasteiger partial charge is 0.508 e. The van der Waals surface area contributed by atoms with Gasteiger partial charge in [0.15, 0.2) is 0 Å². The van der Waals surface area contributed by atoms with Gasteiger partial charge in [-0.05, 0) is 43.7 Å². The predicted molar refractivity (Wildman–Crippen MR) is 73.3 cm³/mol. The Morgan fingerprint density at radius 1 is 1.39 bits per heavy atom. The van der Waals surface area contributed by atoms with E-state index in [0.717, 1.165) is 25.9 Å². The maximum absolute atomic E-state index is 12.2.